The van der Waals surface area contributed by atoms with Gasteiger partial charge in [-0.15, -0.1) is 0 Å². The van der Waals surface area contributed by atoms with Crippen molar-refractivity contribution in [2.24, 2.45) is 5.92 Å². The van der Waals surface area contributed by atoms with E-state index in [0.29, 0.717) is 12.5 Å². The lowest BCUT2D eigenvalue weighted by Crippen LogP contribution is -2.06. The lowest BCUT2D eigenvalue weighted by molar-refractivity contribution is 0.326. The Balaban J connectivity index is 1.67. The van der Waals surface area contributed by atoms with Crippen LogP contribution in [0, 0.1) is 5.92 Å². The minimum atomic E-state index is 0.637. The highest BCUT2D eigenvalue weighted by atomic mass is 16.5. The molecule has 4 nitrogen and oxygen atoms in total. The Hall–Kier alpha value is -1.32. The summed E-state index contributed by atoms with van der Waals surface area (Å²) in [5.41, 5.74) is 0. The van der Waals surface area contributed by atoms with E-state index >= 15 is 0 Å². The smallest absolute Gasteiger partial charge is 0.218 e. The Morgan fingerprint density at radius 2 is 2.17 bits per heavy atom. The molecule has 0 atom stereocenters. The highest BCUT2D eigenvalue weighted by molar-refractivity contribution is 5.36. The van der Waals surface area contributed by atoms with Crippen LogP contribution >= 0.6 is 0 Å². The molecule has 0 bridgehead atoms. The summed E-state index contributed by atoms with van der Waals surface area (Å²) in [6, 6.07) is 1.86. The fourth-order valence-corrected chi connectivity index (χ4v) is 2.57. The summed E-state index contributed by atoms with van der Waals surface area (Å²) in [5, 5.41) is 3.34. The Kier molecular flexibility index (Phi) is 5.24. The summed E-state index contributed by atoms with van der Waals surface area (Å²) < 4.78 is 5.34. The molecule has 4 heteroatoms. The summed E-state index contributed by atoms with van der Waals surface area (Å²) >= 11 is 0. The number of nitrogens with zero attached hydrogens (tertiary/aromatic N) is 2. The van der Waals surface area contributed by atoms with Gasteiger partial charge in [0, 0.05) is 12.6 Å². The van der Waals surface area contributed by atoms with E-state index in [1.54, 1.807) is 6.33 Å². The minimum Gasteiger partial charge on any atom is -0.478 e. The van der Waals surface area contributed by atoms with E-state index in [2.05, 4.69) is 15.3 Å². The Labute approximate surface area is 109 Å². The highest BCUT2D eigenvalue weighted by Crippen LogP contribution is 2.28. The van der Waals surface area contributed by atoms with Crippen LogP contribution in [0.3, 0.4) is 0 Å². The second kappa shape index (κ2) is 7.19. The molecule has 0 radical (unpaired) electrons. The van der Waals surface area contributed by atoms with Gasteiger partial charge in [0.2, 0.25) is 5.88 Å². The van der Waals surface area contributed by atoms with E-state index in [0.717, 1.165) is 18.3 Å². The summed E-state index contributed by atoms with van der Waals surface area (Å²) in [7, 11) is 0. The minimum absolute atomic E-state index is 0.637. The average molecular weight is 249 g/mol. The van der Waals surface area contributed by atoms with E-state index in [9.17, 15) is 0 Å². The SMILES string of the molecule is CCOc1cc(NCCCC2CCCC2)ncn1. The molecule has 18 heavy (non-hydrogen) atoms. The molecule has 2 rings (SSSR count). The van der Waals surface area contributed by atoms with Crippen molar-refractivity contribution in [2.45, 2.75) is 45.4 Å². The van der Waals surface area contributed by atoms with Crippen LogP contribution in [0.5, 0.6) is 5.88 Å². The standard InChI is InChI=1S/C14H23N3O/c1-2-18-14-10-13(16-11-17-14)15-9-5-8-12-6-3-4-7-12/h10-12H,2-9H2,1H3,(H,15,16,17). The van der Waals surface area contributed by atoms with Crippen molar-refractivity contribution in [1.29, 1.82) is 0 Å². The van der Waals surface area contributed by atoms with Crippen molar-refractivity contribution in [1.82, 2.24) is 9.97 Å². The number of aromatic nitrogens is 2. The molecule has 0 aliphatic heterocycles. The number of ether oxygens (including phenoxy) is 1. The summed E-state index contributed by atoms with van der Waals surface area (Å²) in [4.78, 5) is 8.24. The first-order valence-electron chi connectivity index (χ1n) is 7.07. The largest absolute Gasteiger partial charge is 0.478 e. The monoisotopic (exact) mass is 249 g/mol. The van der Waals surface area contributed by atoms with E-state index in [1.807, 2.05) is 13.0 Å². The molecule has 100 valence electrons. The fraction of sp³-hybridized carbons (Fsp3) is 0.714. The van der Waals surface area contributed by atoms with Gasteiger partial charge in [0.15, 0.2) is 0 Å². The highest BCUT2D eigenvalue weighted by Gasteiger charge is 2.13. The van der Waals surface area contributed by atoms with Crippen LogP contribution in [0.1, 0.15) is 45.4 Å². The Morgan fingerprint density at radius 1 is 1.33 bits per heavy atom. The predicted molar refractivity (Wildman–Crippen MR) is 72.9 cm³/mol. The first-order valence-corrected chi connectivity index (χ1v) is 7.07. The molecular formula is C14H23N3O. The number of anilines is 1. The van der Waals surface area contributed by atoms with Crippen molar-refractivity contribution >= 4 is 5.82 Å². The maximum absolute atomic E-state index is 5.34. The quantitative estimate of drug-likeness (QED) is 0.753. The molecule has 1 aromatic heterocycles. The van der Waals surface area contributed by atoms with Gasteiger partial charge in [-0.2, -0.15) is 0 Å². The van der Waals surface area contributed by atoms with Gasteiger partial charge in [-0.25, -0.2) is 9.97 Å². The normalized spacial score (nSPS) is 15.8. The summed E-state index contributed by atoms with van der Waals surface area (Å²) in [6.45, 7) is 3.58. The van der Waals surface area contributed by atoms with Crippen molar-refractivity contribution in [2.75, 3.05) is 18.5 Å². The summed E-state index contributed by atoms with van der Waals surface area (Å²) in [5.74, 6) is 2.47. The van der Waals surface area contributed by atoms with E-state index in [1.165, 1.54) is 38.5 Å². The van der Waals surface area contributed by atoms with Crippen LogP contribution < -0.4 is 10.1 Å². The molecule has 1 N–H and O–H groups in total. The fourth-order valence-electron chi connectivity index (χ4n) is 2.57. The van der Waals surface area contributed by atoms with Gasteiger partial charge in [0.25, 0.3) is 0 Å². The van der Waals surface area contributed by atoms with E-state index < -0.39 is 0 Å². The van der Waals surface area contributed by atoms with Gasteiger partial charge < -0.3 is 10.1 Å². The van der Waals surface area contributed by atoms with Crippen LogP contribution in [0.4, 0.5) is 5.82 Å². The second-order valence-electron chi connectivity index (χ2n) is 4.89. The molecule has 0 spiro atoms. The molecular weight excluding hydrogens is 226 g/mol. The summed E-state index contributed by atoms with van der Waals surface area (Å²) in [6.07, 6.45) is 9.84. The van der Waals surface area contributed by atoms with Crippen LogP contribution in [0.15, 0.2) is 12.4 Å². The van der Waals surface area contributed by atoms with Gasteiger partial charge in [0.1, 0.15) is 12.1 Å². The van der Waals surface area contributed by atoms with E-state index in [-0.39, 0.29) is 0 Å². The number of hydrogen-bond donors (Lipinski definition) is 1. The van der Waals surface area contributed by atoms with E-state index in [4.69, 9.17) is 4.74 Å². The zero-order valence-corrected chi connectivity index (χ0v) is 11.2. The van der Waals surface area contributed by atoms with Crippen LogP contribution in [-0.2, 0) is 0 Å². The Bertz CT molecular complexity index is 351. The lowest BCUT2D eigenvalue weighted by Gasteiger charge is -2.10. The third-order valence-electron chi connectivity index (χ3n) is 3.50. The van der Waals surface area contributed by atoms with Crippen molar-refractivity contribution in [3.8, 4) is 5.88 Å². The van der Waals surface area contributed by atoms with Crippen molar-refractivity contribution in [3.63, 3.8) is 0 Å². The first-order chi connectivity index (χ1) is 8.88. The maximum atomic E-state index is 5.34. The van der Waals surface area contributed by atoms with Crippen LogP contribution in [0.2, 0.25) is 0 Å². The maximum Gasteiger partial charge on any atom is 0.218 e. The number of nitrogens with one attached hydrogen (secondary N) is 1. The molecule has 1 saturated carbocycles. The lowest BCUT2D eigenvalue weighted by atomic mass is 10.0. The number of rotatable bonds is 7. The molecule has 0 saturated heterocycles. The molecule has 1 fully saturated rings. The molecule has 0 aromatic carbocycles. The van der Waals surface area contributed by atoms with Gasteiger partial charge >= 0.3 is 0 Å². The predicted octanol–water partition coefficient (Wildman–Crippen LogP) is 3.26. The van der Waals surface area contributed by atoms with Gasteiger partial charge in [-0.1, -0.05) is 25.7 Å². The zero-order valence-electron chi connectivity index (χ0n) is 11.2. The molecule has 1 aliphatic carbocycles. The topological polar surface area (TPSA) is 47.0 Å². The van der Waals surface area contributed by atoms with Crippen LogP contribution in [0.25, 0.3) is 0 Å². The number of hydrogen-bond acceptors (Lipinski definition) is 4. The van der Waals surface area contributed by atoms with Crippen molar-refractivity contribution in [3.05, 3.63) is 12.4 Å². The molecule has 1 aliphatic rings. The molecule has 1 aromatic rings. The second-order valence-corrected chi connectivity index (χ2v) is 4.89. The van der Waals surface area contributed by atoms with Crippen molar-refractivity contribution < 1.29 is 4.74 Å². The third kappa shape index (κ3) is 4.17. The first kappa shape index (κ1) is 13.1. The molecule has 0 unspecified atom stereocenters. The average Bonchev–Trinajstić information content (AvgIpc) is 2.89. The van der Waals surface area contributed by atoms with Gasteiger partial charge in [-0.3, -0.25) is 0 Å². The van der Waals surface area contributed by atoms with Crippen LogP contribution in [-0.4, -0.2) is 23.1 Å². The van der Waals surface area contributed by atoms with Gasteiger partial charge in [-0.05, 0) is 25.7 Å². The third-order valence-corrected chi connectivity index (χ3v) is 3.50. The van der Waals surface area contributed by atoms with Gasteiger partial charge in [0.05, 0.1) is 6.61 Å². The molecule has 0 amide bonds. The zero-order chi connectivity index (χ0) is 12.6. The molecule has 1 heterocycles. The Morgan fingerprint density at radius 3 is 2.94 bits per heavy atom.